The number of benzene rings is 1. The summed E-state index contributed by atoms with van der Waals surface area (Å²) < 4.78 is 2.27. The molecular formula is C17H26N4O. The van der Waals surface area contributed by atoms with Crippen molar-refractivity contribution >= 4 is 16.9 Å². The Morgan fingerprint density at radius 1 is 1.32 bits per heavy atom. The summed E-state index contributed by atoms with van der Waals surface area (Å²) >= 11 is 0. The maximum absolute atomic E-state index is 11.8. The highest BCUT2D eigenvalue weighted by Crippen LogP contribution is 2.19. The zero-order valence-corrected chi connectivity index (χ0v) is 14.1. The summed E-state index contributed by atoms with van der Waals surface area (Å²) in [7, 11) is 3.62. The van der Waals surface area contributed by atoms with Gasteiger partial charge in [0.15, 0.2) is 0 Å². The van der Waals surface area contributed by atoms with Gasteiger partial charge < -0.3 is 9.88 Å². The van der Waals surface area contributed by atoms with Crippen molar-refractivity contribution in [1.29, 1.82) is 0 Å². The largest absolute Gasteiger partial charge is 0.358 e. The molecule has 0 spiro atoms. The first-order valence-corrected chi connectivity index (χ1v) is 7.80. The van der Waals surface area contributed by atoms with Crippen LogP contribution in [0.3, 0.4) is 0 Å². The van der Waals surface area contributed by atoms with Gasteiger partial charge in [0, 0.05) is 13.6 Å². The molecule has 0 aliphatic carbocycles. The van der Waals surface area contributed by atoms with Crippen LogP contribution in [0.2, 0.25) is 0 Å². The Morgan fingerprint density at radius 2 is 2.00 bits per heavy atom. The number of carbonyl (C=O) groups excluding carboxylic acids is 1. The standard InChI is InChI=1S/C17H26N4O/c1-12(2)10-21-15-9-7-6-8-14(15)19-16(21)11-20(5)13(3)17(22)18-4/h6-9,12-13H,10-11H2,1-5H3,(H,18,22)/t13-/m1/s1. The molecule has 0 aliphatic rings. The van der Waals surface area contributed by atoms with Crippen LogP contribution in [0.15, 0.2) is 24.3 Å². The van der Waals surface area contributed by atoms with Gasteiger partial charge in [0.2, 0.25) is 5.91 Å². The number of likely N-dealkylation sites (N-methyl/N-ethyl adjacent to an activating group) is 2. The van der Waals surface area contributed by atoms with Crippen molar-refractivity contribution in [1.82, 2.24) is 19.8 Å². The highest BCUT2D eigenvalue weighted by molar-refractivity contribution is 5.81. The first-order chi connectivity index (χ1) is 10.4. The molecule has 2 rings (SSSR count). The Kier molecular flexibility index (Phi) is 5.19. The molecule has 5 nitrogen and oxygen atoms in total. The number of imidazole rings is 1. The third-order valence-corrected chi connectivity index (χ3v) is 3.96. The fourth-order valence-corrected chi connectivity index (χ4v) is 2.58. The van der Waals surface area contributed by atoms with E-state index in [1.165, 1.54) is 0 Å². The Bertz CT molecular complexity index is 647. The summed E-state index contributed by atoms with van der Waals surface area (Å²) in [5.74, 6) is 1.57. The molecule has 120 valence electrons. The van der Waals surface area contributed by atoms with Crippen molar-refractivity contribution in [3.8, 4) is 0 Å². The summed E-state index contributed by atoms with van der Waals surface area (Å²) in [4.78, 5) is 18.6. The normalized spacial score (nSPS) is 13.0. The Hall–Kier alpha value is -1.88. The Labute approximate surface area is 132 Å². The van der Waals surface area contributed by atoms with Gasteiger partial charge in [0.05, 0.1) is 23.6 Å². The number of amides is 1. The van der Waals surface area contributed by atoms with Crippen molar-refractivity contribution in [3.05, 3.63) is 30.1 Å². The van der Waals surface area contributed by atoms with E-state index in [0.29, 0.717) is 12.5 Å². The summed E-state index contributed by atoms with van der Waals surface area (Å²) in [6, 6.07) is 8.02. The van der Waals surface area contributed by atoms with Crippen LogP contribution in [0.4, 0.5) is 0 Å². The third-order valence-electron chi connectivity index (χ3n) is 3.96. The van der Waals surface area contributed by atoms with Crippen LogP contribution in [-0.2, 0) is 17.9 Å². The number of nitrogens with one attached hydrogen (secondary N) is 1. The Morgan fingerprint density at radius 3 is 2.64 bits per heavy atom. The minimum atomic E-state index is -0.183. The van der Waals surface area contributed by atoms with E-state index in [4.69, 9.17) is 4.98 Å². The molecule has 0 fully saturated rings. The van der Waals surface area contributed by atoms with E-state index in [9.17, 15) is 4.79 Å². The second kappa shape index (κ2) is 6.92. The SMILES string of the molecule is CNC(=O)[C@@H](C)N(C)Cc1nc2ccccc2n1CC(C)C. The van der Waals surface area contributed by atoms with Crippen LogP contribution in [0.5, 0.6) is 0 Å². The number of carbonyl (C=O) groups is 1. The van der Waals surface area contributed by atoms with E-state index in [-0.39, 0.29) is 11.9 Å². The van der Waals surface area contributed by atoms with Crippen molar-refractivity contribution in [3.63, 3.8) is 0 Å². The van der Waals surface area contributed by atoms with Gasteiger partial charge in [-0.2, -0.15) is 0 Å². The lowest BCUT2D eigenvalue weighted by Crippen LogP contribution is -2.41. The topological polar surface area (TPSA) is 50.2 Å². The molecule has 22 heavy (non-hydrogen) atoms. The van der Waals surface area contributed by atoms with Gasteiger partial charge >= 0.3 is 0 Å². The molecular weight excluding hydrogens is 276 g/mol. The monoisotopic (exact) mass is 302 g/mol. The van der Waals surface area contributed by atoms with Gasteiger partial charge in [-0.15, -0.1) is 0 Å². The molecule has 1 aromatic carbocycles. The van der Waals surface area contributed by atoms with E-state index in [2.05, 4.69) is 29.8 Å². The average Bonchev–Trinajstić information content (AvgIpc) is 2.82. The van der Waals surface area contributed by atoms with Crippen LogP contribution in [0.1, 0.15) is 26.6 Å². The lowest BCUT2D eigenvalue weighted by atomic mass is 10.2. The number of aromatic nitrogens is 2. The maximum Gasteiger partial charge on any atom is 0.236 e. The van der Waals surface area contributed by atoms with Crippen LogP contribution < -0.4 is 5.32 Å². The lowest BCUT2D eigenvalue weighted by Gasteiger charge is -2.23. The maximum atomic E-state index is 11.8. The highest BCUT2D eigenvalue weighted by Gasteiger charge is 2.20. The number of fused-ring (bicyclic) bond motifs is 1. The molecule has 2 aromatic rings. The van der Waals surface area contributed by atoms with E-state index in [1.54, 1.807) is 7.05 Å². The molecule has 0 bridgehead atoms. The molecule has 0 saturated carbocycles. The van der Waals surface area contributed by atoms with E-state index in [0.717, 1.165) is 23.4 Å². The molecule has 0 saturated heterocycles. The van der Waals surface area contributed by atoms with Crippen molar-refractivity contribution in [2.45, 2.75) is 39.9 Å². The number of hydrogen-bond acceptors (Lipinski definition) is 3. The number of nitrogens with zero attached hydrogens (tertiary/aromatic N) is 3. The predicted molar refractivity (Wildman–Crippen MR) is 89.6 cm³/mol. The van der Waals surface area contributed by atoms with E-state index in [1.807, 2.05) is 37.1 Å². The van der Waals surface area contributed by atoms with Crippen molar-refractivity contribution in [2.24, 2.45) is 5.92 Å². The average molecular weight is 302 g/mol. The fourth-order valence-electron chi connectivity index (χ4n) is 2.58. The van der Waals surface area contributed by atoms with Gasteiger partial charge in [-0.1, -0.05) is 26.0 Å². The fraction of sp³-hybridized carbons (Fsp3) is 0.529. The summed E-state index contributed by atoms with van der Waals surface area (Å²) in [5, 5.41) is 2.70. The first kappa shape index (κ1) is 16.5. The van der Waals surface area contributed by atoms with E-state index >= 15 is 0 Å². The van der Waals surface area contributed by atoms with Gasteiger partial charge in [-0.25, -0.2) is 4.98 Å². The molecule has 1 heterocycles. The zero-order chi connectivity index (χ0) is 16.3. The lowest BCUT2D eigenvalue weighted by molar-refractivity contribution is -0.125. The minimum Gasteiger partial charge on any atom is -0.358 e. The van der Waals surface area contributed by atoms with Crippen LogP contribution in [0.25, 0.3) is 11.0 Å². The zero-order valence-electron chi connectivity index (χ0n) is 14.1. The number of para-hydroxylation sites is 2. The van der Waals surface area contributed by atoms with Gasteiger partial charge in [0.25, 0.3) is 0 Å². The van der Waals surface area contributed by atoms with Gasteiger partial charge in [0.1, 0.15) is 5.82 Å². The van der Waals surface area contributed by atoms with Crippen LogP contribution in [-0.4, -0.2) is 40.5 Å². The van der Waals surface area contributed by atoms with Crippen molar-refractivity contribution in [2.75, 3.05) is 14.1 Å². The van der Waals surface area contributed by atoms with E-state index < -0.39 is 0 Å². The summed E-state index contributed by atoms with van der Waals surface area (Å²) in [6.07, 6.45) is 0. The summed E-state index contributed by atoms with van der Waals surface area (Å²) in [5.41, 5.74) is 2.17. The molecule has 1 amide bonds. The second-order valence-corrected chi connectivity index (χ2v) is 6.23. The smallest absolute Gasteiger partial charge is 0.236 e. The molecule has 1 N–H and O–H groups in total. The summed E-state index contributed by atoms with van der Waals surface area (Å²) in [6.45, 7) is 7.90. The third kappa shape index (κ3) is 3.47. The molecule has 1 atom stereocenters. The molecule has 0 aliphatic heterocycles. The predicted octanol–water partition coefficient (Wildman–Crippen LogP) is 2.26. The molecule has 1 aromatic heterocycles. The molecule has 5 heteroatoms. The molecule has 0 radical (unpaired) electrons. The van der Waals surface area contributed by atoms with Crippen molar-refractivity contribution < 1.29 is 4.79 Å². The highest BCUT2D eigenvalue weighted by atomic mass is 16.2. The van der Waals surface area contributed by atoms with Crippen LogP contribution in [0, 0.1) is 5.92 Å². The van der Waals surface area contributed by atoms with Gasteiger partial charge in [-0.3, -0.25) is 9.69 Å². The second-order valence-electron chi connectivity index (χ2n) is 6.23. The van der Waals surface area contributed by atoms with Gasteiger partial charge in [-0.05, 0) is 32.0 Å². The number of hydrogen-bond donors (Lipinski definition) is 1. The Balaban J connectivity index is 2.31. The quantitative estimate of drug-likeness (QED) is 0.890. The number of rotatable bonds is 6. The first-order valence-electron chi connectivity index (χ1n) is 7.80. The minimum absolute atomic E-state index is 0.0222. The molecule has 0 unspecified atom stereocenters. The van der Waals surface area contributed by atoms with Crippen LogP contribution >= 0.6 is 0 Å².